The first-order chi connectivity index (χ1) is 13.5. The molecule has 0 aromatic rings. The standard InChI is InChI=1S/C15H29NO.C6H8O7/c1-11(10-16(5)6)17-13-9-12-7-8-15(13,4)14(12,2)3;7-3(8)1-6(13,5(11)12)2-4(9)10/h11-13H,7-10H2,1-6H3;13H,1-2H2,(H,7,8)(H,9,10)(H,11,12). The lowest BCUT2D eigenvalue weighted by Crippen LogP contribution is -2.42. The van der Waals surface area contributed by atoms with E-state index < -0.39 is 36.4 Å². The third-order valence-electron chi connectivity index (χ3n) is 7.02. The molecule has 174 valence electrons. The maximum Gasteiger partial charge on any atom is 0.336 e. The lowest BCUT2D eigenvalue weighted by Gasteiger charge is -2.40. The fourth-order valence-electron chi connectivity index (χ4n) is 4.89. The first-order valence-electron chi connectivity index (χ1n) is 10.2. The van der Waals surface area contributed by atoms with E-state index in [-0.39, 0.29) is 0 Å². The van der Waals surface area contributed by atoms with Crippen molar-refractivity contribution in [3.8, 4) is 0 Å². The quantitative estimate of drug-likeness (QED) is 0.430. The van der Waals surface area contributed by atoms with Crippen LogP contribution in [0.15, 0.2) is 0 Å². The minimum atomic E-state index is -2.74. The van der Waals surface area contributed by atoms with Gasteiger partial charge in [-0.25, -0.2) is 4.79 Å². The summed E-state index contributed by atoms with van der Waals surface area (Å²) in [7, 11) is 4.23. The molecule has 4 atom stereocenters. The molecule has 2 aliphatic rings. The summed E-state index contributed by atoms with van der Waals surface area (Å²) in [4.78, 5) is 32.7. The predicted octanol–water partition coefficient (Wildman–Crippen LogP) is 1.92. The van der Waals surface area contributed by atoms with Crippen LogP contribution in [0.25, 0.3) is 0 Å². The summed E-state index contributed by atoms with van der Waals surface area (Å²) in [6.07, 6.45) is 2.58. The first kappa shape index (κ1) is 26.3. The Hall–Kier alpha value is -1.71. The summed E-state index contributed by atoms with van der Waals surface area (Å²) < 4.78 is 6.35. The Balaban J connectivity index is 0.000000314. The van der Waals surface area contributed by atoms with Gasteiger partial charge >= 0.3 is 17.9 Å². The molecule has 0 saturated heterocycles. The van der Waals surface area contributed by atoms with Crippen molar-refractivity contribution in [1.29, 1.82) is 0 Å². The van der Waals surface area contributed by atoms with Gasteiger partial charge < -0.3 is 30.1 Å². The molecule has 30 heavy (non-hydrogen) atoms. The topological polar surface area (TPSA) is 145 Å². The summed E-state index contributed by atoms with van der Waals surface area (Å²) in [6, 6.07) is 0. The van der Waals surface area contributed by atoms with Gasteiger partial charge in [-0.05, 0) is 57.0 Å². The normalized spacial score (nSPS) is 28.0. The van der Waals surface area contributed by atoms with Crippen LogP contribution >= 0.6 is 0 Å². The minimum Gasteiger partial charge on any atom is -0.481 e. The summed E-state index contributed by atoms with van der Waals surface area (Å²) >= 11 is 0. The second-order valence-corrected chi connectivity index (χ2v) is 9.79. The van der Waals surface area contributed by atoms with Gasteiger partial charge in [0, 0.05) is 6.54 Å². The Labute approximate surface area is 178 Å². The van der Waals surface area contributed by atoms with E-state index in [0.29, 0.717) is 23.0 Å². The molecule has 2 bridgehead atoms. The average Bonchev–Trinajstić information content (AvgIpc) is 2.86. The van der Waals surface area contributed by atoms with Crippen LogP contribution in [0.2, 0.25) is 0 Å². The van der Waals surface area contributed by atoms with Gasteiger partial charge in [-0.2, -0.15) is 0 Å². The molecule has 0 amide bonds. The molecule has 2 aliphatic carbocycles. The largest absolute Gasteiger partial charge is 0.481 e. The van der Waals surface area contributed by atoms with Crippen molar-refractivity contribution in [2.45, 2.75) is 77.6 Å². The molecular formula is C21H37NO8. The zero-order chi connectivity index (χ0) is 23.5. The summed E-state index contributed by atoms with van der Waals surface area (Å²) in [5.41, 5.74) is -1.87. The smallest absolute Gasteiger partial charge is 0.336 e. The van der Waals surface area contributed by atoms with Crippen molar-refractivity contribution >= 4 is 17.9 Å². The van der Waals surface area contributed by atoms with Crippen molar-refractivity contribution in [2.24, 2.45) is 16.7 Å². The van der Waals surface area contributed by atoms with Crippen LogP contribution in [0.1, 0.15) is 59.8 Å². The van der Waals surface area contributed by atoms with Gasteiger partial charge in [-0.3, -0.25) is 9.59 Å². The van der Waals surface area contributed by atoms with E-state index in [2.05, 4.69) is 46.7 Å². The molecular weight excluding hydrogens is 394 g/mol. The van der Waals surface area contributed by atoms with Gasteiger partial charge in [0.25, 0.3) is 0 Å². The zero-order valence-corrected chi connectivity index (χ0v) is 18.8. The number of likely N-dealkylation sites (N-methyl/N-ethyl adjacent to an activating group) is 1. The predicted molar refractivity (Wildman–Crippen MR) is 109 cm³/mol. The Morgan fingerprint density at radius 3 is 1.90 bits per heavy atom. The van der Waals surface area contributed by atoms with Crippen LogP contribution < -0.4 is 0 Å². The zero-order valence-electron chi connectivity index (χ0n) is 18.8. The maximum absolute atomic E-state index is 10.3. The SMILES string of the molecule is CC(CN(C)C)OC1CC2CCC1(C)C2(C)C.O=C(O)CC(O)(CC(=O)O)C(=O)O. The molecule has 2 fully saturated rings. The fourth-order valence-corrected chi connectivity index (χ4v) is 4.89. The third-order valence-corrected chi connectivity index (χ3v) is 7.02. The Bertz CT molecular complexity index is 631. The van der Waals surface area contributed by atoms with Crippen molar-refractivity contribution in [2.75, 3.05) is 20.6 Å². The van der Waals surface area contributed by atoms with E-state index >= 15 is 0 Å². The van der Waals surface area contributed by atoms with E-state index in [9.17, 15) is 14.4 Å². The molecule has 0 aliphatic heterocycles. The highest BCUT2D eigenvalue weighted by Gasteiger charge is 2.62. The number of ether oxygens (including phenoxy) is 1. The number of rotatable bonds is 9. The molecule has 0 aromatic heterocycles. The Morgan fingerprint density at radius 2 is 1.60 bits per heavy atom. The molecule has 9 nitrogen and oxygen atoms in total. The van der Waals surface area contributed by atoms with Crippen LogP contribution in [0.4, 0.5) is 0 Å². The second-order valence-electron chi connectivity index (χ2n) is 9.79. The van der Waals surface area contributed by atoms with E-state index in [1.54, 1.807) is 0 Å². The molecule has 0 heterocycles. The number of carboxylic acid groups (broad SMARTS) is 3. The molecule has 0 aromatic carbocycles. The number of hydrogen-bond donors (Lipinski definition) is 4. The first-order valence-corrected chi connectivity index (χ1v) is 10.2. The van der Waals surface area contributed by atoms with E-state index in [4.69, 9.17) is 25.2 Å². The van der Waals surface area contributed by atoms with Gasteiger partial charge in [0.2, 0.25) is 0 Å². The molecule has 2 rings (SSSR count). The highest BCUT2D eigenvalue weighted by molar-refractivity contribution is 5.88. The number of carbonyl (C=O) groups is 3. The van der Waals surface area contributed by atoms with Gasteiger partial charge in [0.1, 0.15) is 0 Å². The number of nitrogens with zero attached hydrogens (tertiary/aromatic N) is 1. The number of aliphatic hydroxyl groups is 1. The van der Waals surface area contributed by atoms with Crippen molar-refractivity contribution < 1.29 is 39.5 Å². The highest BCUT2D eigenvalue weighted by Crippen LogP contribution is 2.66. The number of aliphatic carboxylic acids is 3. The summed E-state index contributed by atoms with van der Waals surface area (Å²) in [5.74, 6) is -4.14. The molecule has 2 saturated carbocycles. The second kappa shape index (κ2) is 9.62. The van der Waals surface area contributed by atoms with Crippen LogP contribution in [0, 0.1) is 16.7 Å². The molecule has 0 spiro atoms. The van der Waals surface area contributed by atoms with Crippen LogP contribution in [-0.2, 0) is 19.1 Å². The van der Waals surface area contributed by atoms with Gasteiger partial charge in [-0.15, -0.1) is 0 Å². The van der Waals surface area contributed by atoms with E-state index in [1.165, 1.54) is 19.3 Å². The van der Waals surface area contributed by atoms with Crippen LogP contribution in [-0.4, -0.2) is 81.7 Å². The number of carboxylic acids is 3. The van der Waals surface area contributed by atoms with Gasteiger partial charge in [0.05, 0.1) is 25.0 Å². The van der Waals surface area contributed by atoms with Crippen molar-refractivity contribution in [3.63, 3.8) is 0 Å². The Kier molecular flexibility index (Phi) is 8.44. The monoisotopic (exact) mass is 431 g/mol. The van der Waals surface area contributed by atoms with Gasteiger partial charge in [0.15, 0.2) is 5.60 Å². The Morgan fingerprint density at radius 1 is 1.10 bits per heavy atom. The van der Waals surface area contributed by atoms with E-state index in [1.807, 2.05) is 0 Å². The lowest BCUT2D eigenvalue weighted by atomic mass is 9.70. The third kappa shape index (κ3) is 5.92. The van der Waals surface area contributed by atoms with Crippen molar-refractivity contribution in [1.82, 2.24) is 4.90 Å². The highest BCUT2D eigenvalue weighted by atomic mass is 16.5. The molecule has 9 heteroatoms. The van der Waals surface area contributed by atoms with Crippen LogP contribution in [0.3, 0.4) is 0 Å². The molecule has 4 N–H and O–H groups in total. The van der Waals surface area contributed by atoms with Crippen LogP contribution in [0.5, 0.6) is 0 Å². The van der Waals surface area contributed by atoms with E-state index in [0.717, 1.165) is 12.5 Å². The number of hydrogen-bond acceptors (Lipinski definition) is 6. The lowest BCUT2D eigenvalue weighted by molar-refractivity contribution is -0.170. The minimum absolute atomic E-state index is 0.349. The average molecular weight is 432 g/mol. The summed E-state index contributed by atoms with van der Waals surface area (Å²) in [6.45, 7) is 10.6. The molecule has 4 unspecified atom stereocenters. The molecule has 0 radical (unpaired) electrons. The van der Waals surface area contributed by atoms with Gasteiger partial charge in [-0.1, -0.05) is 20.8 Å². The van der Waals surface area contributed by atoms with Crippen molar-refractivity contribution in [3.05, 3.63) is 0 Å². The maximum atomic E-state index is 10.3. The number of fused-ring (bicyclic) bond motifs is 2. The summed E-state index contributed by atoms with van der Waals surface area (Å²) in [5, 5.41) is 33.8. The fraction of sp³-hybridized carbons (Fsp3) is 0.857.